The van der Waals surface area contributed by atoms with E-state index in [9.17, 15) is 0 Å². The van der Waals surface area contributed by atoms with Gasteiger partial charge in [0.1, 0.15) is 0 Å². The van der Waals surface area contributed by atoms with Gasteiger partial charge >= 0.3 is 41.7 Å². The summed E-state index contributed by atoms with van der Waals surface area (Å²) in [4.78, 5) is 21.8. The molecule has 7 heavy (non-hydrogen) atoms. The van der Waals surface area contributed by atoms with Crippen molar-refractivity contribution < 1.29 is 41.7 Å². The van der Waals surface area contributed by atoms with Crippen molar-refractivity contribution in [2.75, 3.05) is 0 Å². The molecular weight excluding hydrogens is 230 g/mol. The summed E-state index contributed by atoms with van der Waals surface area (Å²) in [5, 5.41) is 0. The molecule has 0 saturated heterocycles. The van der Waals surface area contributed by atoms with E-state index >= 15 is 0 Å². The van der Waals surface area contributed by atoms with Crippen molar-refractivity contribution in [3.05, 3.63) is 31.5 Å². The maximum atomic E-state index is 7.25. The van der Waals surface area contributed by atoms with Crippen LogP contribution in [0, 0.1) is 56.5 Å². The van der Waals surface area contributed by atoms with Crippen molar-refractivity contribution in [3.63, 3.8) is 0 Å². The Morgan fingerprint density at radius 2 is 0.571 bits per heavy atom. The summed E-state index contributed by atoms with van der Waals surface area (Å²) in [7, 11) is 0. The van der Waals surface area contributed by atoms with Crippen molar-refractivity contribution >= 4 is 0 Å². The Balaban J connectivity index is -0.00000000900. The molecule has 0 aromatic carbocycles. The first kappa shape index (κ1) is 27.1. The second kappa shape index (κ2) is 5310. The maximum absolute atomic E-state index is 7.25. The largest absolute Gasteiger partial charge is 3.00 e. The Kier molecular flexibility index (Phi) is 20600. The Morgan fingerprint density at radius 3 is 0.571 bits per heavy atom. The van der Waals surface area contributed by atoms with Gasteiger partial charge in [0, 0.05) is 0 Å². The SMILES string of the molecule is [Ce+3].[N-]=O.[N-]=O.[N-]=O. The van der Waals surface area contributed by atoms with Crippen LogP contribution in [0.5, 0.6) is 0 Å². The third-order valence-electron chi connectivity index (χ3n) is 0. The summed E-state index contributed by atoms with van der Waals surface area (Å²) in [6.07, 6.45) is 0. The number of nitrogens with zero attached hydrogens (tertiary/aromatic N) is 3. The van der Waals surface area contributed by atoms with Crippen LogP contribution in [0.15, 0.2) is 0 Å². The summed E-state index contributed by atoms with van der Waals surface area (Å²) < 4.78 is 0. The molecule has 0 atom stereocenters. The van der Waals surface area contributed by atoms with Crippen LogP contribution < -0.4 is 0 Å². The minimum absolute atomic E-state index is 0. The monoisotopic (exact) mass is 230 g/mol. The van der Waals surface area contributed by atoms with E-state index in [0.29, 0.717) is 0 Å². The van der Waals surface area contributed by atoms with Gasteiger partial charge in [0.25, 0.3) is 0 Å². The van der Waals surface area contributed by atoms with Crippen molar-refractivity contribution in [2.45, 2.75) is 0 Å². The fourth-order valence-corrected chi connectivity index (χ4v) is 0. The molecule has 0 aliphatic carbocycles. The first-order valence-corrected chi connectivity index (χ1v) is 0.548. The van der Waals surface area contributed by atoms with Gasteiger partial charge in [0.15, 0.2) is 0 Å². The van der Waals surface area contributed by atoms with Crippen molar-refractivity contribution in [3.8, 4) is 0 Å². The molecule has 37 valence electrons. The summed E-state index contributed by atoms with van der Waals surface area (Å²) in [5.41, 5.74) is 17.2. The molecular formula is CeN3O3. The van der Waals surface area contributed by atoms with Crippen LogP contribution in [0.2, 0.25) is 0 Å². The molecule has 0 aromatic rings. The van der Waals surface area contributed by atoms with E-state index in [2.05, 4.69) is 0 Å². The normalized spacial score (nSPS) is 1.71. The van der Waals surface area contributed by atoms with Crippen molar-refractivity contribution in [2.24, 2.45) is 0 Å². The summed E-state index contributed by atoms with van der Waals surface area (Å²) in [5.74, 6) is 0. The maximum Gasteiger partial charge on any atom is 3.00 e. The Morgan fingerprint density at radius 1 is 0.571 bits per heavy atom. The molecule has 7 heteroatoms. The predicted octanol–water partition coefficient (Wildman–Crippen LogP) is 0.967. The van der Waals surface area contributed by atoms with Crippen molar-refractivity contribution in [1.29, 1.82) is 0 Å². The van der Waals surface area contributed by atoms with E-state index in [0.717, 1.165) is 0 Å². The van der Waals surface area contributed by atoms with Gasteiger partial charge in [0.2, 0.25) is 0 Å². The molecule has 0 aliphatic rings. The Bertz CT molecular complexity index is 14.9. The van der Waals surface area contributed by atoms with Crippen LogP contribution in [0.25, 0.3) is 16.8 Å². The van der Waals surface area contributed by atoms with Gasteiger partial charge < -0.3 is 31.5 Å². The zero-order chi connectivity index (χ0) is 6.00. The Hall–Kier alpha value is 0.177. The second-order valence-electron chi connectivity index (χ2n) is 0. The topological polar surface area (TPSA) is 118 Å². The van der Waals surface area contributed by atoms with Gasteiger partial charge in [-0.15, -0.1) is 0 Å². The third-order valence-corrected chi connectivity index (χ3v) is 0. The first-order chi connectivity index (χ1) is 3.00. The third kappa shape index (κ3) is 3450. The number of hydrogen-bond donors (Lipinski definition) is 0. The van der Waals surface area contributed by atoms with Gasteiger partial charge in [-0.3, -0.25) is 0 Å². The molecule has 0 bridgehead atoms. The van der Waals surface area contributed by atoms with Gasteiger partial charge in [-0.2, -0.15) is 0 Å². The van der Waals surface area contributed by atoms with Crippen LogP contribution in [0.1, 0.15) is 0 Å². The smallest absolute Gasteiger partial charge is 0.577 e. The quantitative estimate of drug-likeness (QED) is 0.616. The molecule has 0 aliphatic heterocycles. The van der Waals surface area contributed by atoms with Gasteiger partial charge in [-0.1, -0.05) is 0 Å². The minimum atomic E-state index is 0. The van der Waals surface area contributed by atoms with Crippen LogP contribution in [-0.4, -0.2) is 0 Å². The average Bonchev–Trinajstić information content (AvgIpc) is 1.81. The molecule has 0 spiro atoms. The molecule has 0 saturated carbocycles. The van der Waals surface area contributed by atoms with Crippen LogP contribution in [0.4, 0.5) is 0 Å². The zero-order valence-electron chi connectivity index (χ0n) is 3.07. The Labute approximate surface area is 72.7 Å². The molecule has 6 nitrogen and oxygen atoms in total. The number of hydrogen-bond acceptors (Lipinski definition) is 3. The van der Waals surface area contributed by atoms with Crippen LogP contribution in [0.3, 0.4) is 0 Å². The fraction of sp³-hybridized carbons (Fsp3) is 0. The van der Waals surface area contributed by atoms with Gasteiger partial charge in [-0.25, -0.2) is 0 Å². The predicted molar refractivity (Wildman–Crippen MR) is 20.2 cm³/mol. The molecule has 0 amide bonds. The van der Waals surface area contributed by atoms with E-state index in [1.165, 1.54) is 0 Å². The van der Waals surface area contributed by atoms with Gasteiger partial charge in [0.05, 0.1) is 0 Å². The van der Waals surface area contributed by atoms with Crippen LogP contribution >= 0.6 is 0 Å². The van der Waals surface area contributed by atoms with Crippen LogP contribution in [-0.2, 0) is 0 Å². The molecule has 0 rings (SSSR count). The molecule has 1 radical (unpaired) electrons. The second-order valence-corrected chi connectivity index (χ2v) is 0. The molecule has 0 fully saturated rings. The fourth-order valence-electron chi connectivity index (χ4n) is 0. The van der Waals surface area contributed by atoms with Gasteiger partial charge in [-0.05, 0) is 0 Å². The van der Waals surface area contributed by atoms with E-state index in [-0.39, 0.29) is 41.7 Å². The van der Waals surface area contributed by atoms with E-state index in [1.807, 2.05) is 0 Å². The van der Waals surface area contributed by atoms with E-state index in [1.54, 1.807) is 0 Å². The summed E-state index contributed by atoms with van der Waals surface area (Å²) >= 11 is 0. The first-order valence-electron chi connectivity index (χ1n) is 0.548. The number of rotatable bonds is 0. The standard InChI is InChI=1S/Ce.3NO/c;3*1-2/q+3;3*-1. The minimum Gasteiger partial charge on any atom is -0.577 e. The molecule has 0 aromatic heterocycles. The molecule has 0 heterocycles. The van der Waals surface area contributed by atoms with Crippen molar-refractivity contribution in [1.82, 2.24) is 0 Å². The van der Waals surface area contributed by atoms with E-state index in [4.69, 9.17) is 31.5 Å². The number of nitroso groups, excluding NO2 is 3. The summed E-state index contributed by atoms with van der Waals surface area (Å²) in [6, 6.07) is 0. The zero-order valence-corrected chi connectivity index (χ0v) is 6.21. The molecule has 0 N–H and O–H groups in total. The average molecular weight is 230 g/mol. The summed E-state index contributed by atoms with van der Waals surface area (Å²) in [6.45, 7) is 0. The van der Waals surface area contributed by atoms with E-state index < -0.39 is 0 Å². The molecule has 0 unspecified atom stereocenters.